The number of carbonyl (C=O) groups is 1. The lowest BCUT2D eigenvalue weighted by atomic mass is 10.2. The summed E-state index contributed by atoms with van der Waals surface area (Å²) in [5, 5.41) is 3.81. The quantitative estimate of drug-likeness (QED) is 0.608. The largest absolute Gasteiger partial charge is 0.496 e. The van der Waals surface area contributed by atoms with E-state index < -0.39 is 0 Å². The van der Waals surface area contributed by atoms with E-state index in [4.69, 9.17) is 9.57 Å². The average Bonchev–Trinajstić information content (AvgIpc) is 2.59. The molecule has 0 spiro atoms. The first-order valence-electron chi connectivity index (χ1n) is 6.82. The Hall–Kier alpha value is -2.82. The minimum Gasteiger partial charge on any atom is -0.496 e. The third-order valence-corrected chi connectivity index (χ3v) is 3.11. The fraction of sp³-hybridized carbons (Fsp3) is 0.176. The molecule has 0 atom stereocenters. The number of hydrogen-bond donors (Lipinski definition) is 0. The molecule has 0 aliphatic carbocycles. The van der Waals surface area contributed by atoms with E-state index in [0.29, 0.717) is 5.75 Å². The number of carbonyl (C=O) groups excluding carboxylic acids is 1. The lowest BCUT2D eigenvalue weighted by Gasteiger charge is -2.16. The van der Waals surface area contributed by atoms with E-state index in [-0.39, 0.29) is 12.5 Å². The van der Waals surface area contributed by atoms with E-state index in [1.807, 2.05) is 54.6 Å². The van der Waals surface area contributed by atoms with Crippen LogP contribution < -0.4 is 9.64 Å². The van der Waals surface area contributed by atoms with Gasteiger partial charge in [0.15, 0.2) is 6.61 Å². The molecule has 0 aromatic heterocycles. The van der Waals surface area contributed by atoms with Gasteiger partial charge in [-0.25, -0.2) is 0 Å². The van der Waals surface area contributed by atoms with Crippen LogP contribution in [0.5, 0.6) is 5.75 Å². The number of para-hydroxylation sites is 2. The SMILES string of the molecule is COc1ccccc1/C=N\OCC(=O)N(C)c1ccccc1. The molecule has 0 bridgehead atoms. The first kappa shape index (κ1) is 15.6. The summed E-state index contributed by atoms with van der Waals surface area (Å²) in [4.78, 5) is 18.6. The smallest absolute Gasteiger partial charge is 0.267 e. The topological polar surface area (TPSA) is 51.1 Å². The zero-order valence-electron chi connectivity index (χ0n) is 12.6. The summed E-state index contributed by atoms with van der Waals surface area (Å²) in [5.74, 6) is 0.519. The van der Waals surface area contributed by atoms with Crippen molar-refractivity contribution < 1.29 is 14.4 Å². The number of benzene rings is 2. The molecule has 0 unspecified atom stereocenters. The highest BCUT2D eigenvalue weighted by molar-refractivity contribution is 5.93. The van der Waals surface area contributed by atoms with Crippen LogP contribution in [0.2, 0.25) is 0 Å². The molecule has 0 saturated heterocycles. The normalized spacial score (nSPS) is 10.5. The Morgan fingerprint density at radius 1 is 1.14 bits per heavy atom. The van der Waals surface area contributed by atoms with Gasteiger partial charge in [0.2, 0.25) is 0 Å². The highest BCUT2D eigenvalue weighted by Gasteiger charge is 2.10. The van der Waals surface area contributed by atoms with Gasteiger partial charge in [0.05, 0.1) is 13.3 Å². The van der Waals surface area contributed by atoms with Crippen molar-refractivity contribution in [1.29, 1.82) is 0 Å². The van der Waals surface area contributed by atoms with Crippen molar-refractivity contribution in [2.75, 3.05) is 25.7 Å². The van der Waals surface area contributed by atoms with Gasteiger partial charge in [-0.2, -0.15) is 0 Å². The lowest BCUT2D eigenvalue weighted by Crippen LogP contribution is -2.29. The van der Waals surface area contributed by atoms with Crippen molar-refractivity contribution in [2.45, 2.75) is 0 Å². The van der Waals surface area contributed by atoms with Crippen molar-refractivity contribution in [2.24, 2.45) is 5.16 Å². The number of methoxy groups -OCH3 is 1. The van der Waals surface area contributed by atoms with Crippen LogP contribution >= 0.6 is 0 Å². The standard InChI is InChI=1S/C17H18N2O3/c1-19(15-9-4-3-5-10-15)17(20)13-22-18-12-14-8-6-7-11-16(14)21-2/h3-12H,13H2,1-2H3/b18-12-. The van der Waals surface area contributed by atoms with Crippen molar-refractivity contribution >= 4 is 17.8 Å². The number of nitrogens with zero attached hydrogens (tertiary/aromatic N) is 2. The monoisotopic (exact) mass is 298 g/mol. The molecule has 114 valence electrons. The lowest BCUT2D eigenvalue weighted by molar-refractivity contribution is -0.122. The summed E-state index contributed by atoms with van der Waals surface area (Å²) in [6, 6.07) is 16.8. The highest BCUT2D eigenvalue weighted by atomic mass is 16.6. The van der Waals surface area contributed by atoms with E-state index in [2.05, 4.69) is 5.16 Å². The maximum absolute atomic E-state index is 12.0. The zero-order chi connectivity index (χ0) is 15.8. The minimum atomic E-state index is -0.177. The second kappa shape index (κ2) is 7.83. The molecule has 5 heteroatoms. The number of oxime groups is 1. The third kappa shape index (κ3) is 4.09. The Morgan fingerprint density at radius 2 is 1.82 bits per heavy atom. The van der Waals surface area contributed by atoms with Gasteiger partial charge in [-0.1, -0.05) is 35.5 Å². The number of rotatable bonds is 6. The van der Waals surface area contributed by atoms with E-state index in [1.165, 1.54) is 11.1 Å². The molecule has 2 aromatic carbocycles. The van der Waals surface area contributed by atoms with Crippen LogP contribution in [-0.4, -0.2) is 32.9 Å². The van der Waals surface area contributed by atoms with Crippen LogP contribution in [0.25, 0.3) is 0 Å². The van der Waals surface area contributed by atoms with E-state index >= 15 is 0 Å². The van der Waals surface area contributed by atoms with Gasteiger partial charge in [0.1, 0.15) is 5.75 Å². The third-order valence-electron chi connectivity index (χ3n) is 3.11. The summed E-state index contributed by atoms with van der Waals surface area (Å²) in [5.41, 5.74) is 1.60. The minimum absolute atomic E-state index is 0.128. The number of likely N-dealkylation sites (N-methyl/N-ethyl adjacent to an activating group) is 1. The molecule has 5 nitrogen and oxygen atoms in total. The number of ether oxygens (including phenoxy) is 1. The maximum Gasteiger partial charge on any atom is 0.267 e. The van der Waals surface area contributed by atoms with Gasteiger partial charge in [-0.05, 0) is 24.3 Å². The van der Waals surface area contributed by atoms with Crippen molar-refractivity contribution in [3.8, 4) is 5.75 Å². The van der Waals surface area contributed by atoms with Crippen LogP contribution in [-0.2, 0) is 9.63 Å². The molecule has 0 fully saturated rings. The van der Waals surface area contributed by atoms with Crippen molar-refractivity contribution in [3.63, 3.8) is 0 Å². The summed E-state index contributed by atoms with van der Waals surface area (Å²) in [6.07, 6.45) is 1.52. The molecular weight excluding hydrogens is 280 g/mol. The predicted molar refractivity (Wildman–Crippen MR) is 86.4 cm³/mol. The van der Waals surface area contributed by atoms with Gasteiger partial charge in [-0.3, -0.25) is 4.79 Å². The van der Waals surface area contributed by atoms with Gasteiger partial charge in [-0.15, -0.1) is 0 Å². The molecule has 0 radical (unpaired) electrons. The zero-order valence-corrected chi connectivity index (χ0v) is 12.6. The molecule has 0 N–H and O–H groups in total. The molecule has 1 amide bonds. The van der Waals surface area contributed by atoms with Gasteiger partial charge in [0.25, 0.3) is 5.91 Å². The average molecular weight is 298 g/mol. The number of amides is 1. The first-order valence-corrected chi connectivity index (χ1v) is 6.82. The fourth-order valence-corrected chi connectivity index (χ4v) is 1.85. The molecule has 0 saturated carbocycles. The van der Waals surface area contributed by atoms with Crippen LogP contribution in [0.4, 0.5) is 5.69 Å². The predicted octanol–water partition coefficient (Wildman–Crippen LogP) is 2.71. The van der Waals surface area contributed by atoms with Crippen LogP contribution in [0.3, 0.4) is 0 Å². The second-order valence-corrected chi connectivity index (χ2v) is 4.54. The van der Waals surface area contributed by atoms with E-state index in [9.17, 15) is 4.79 Å². The Kier molecular flexibility index (Phi) is 5.54. The van der Waals surface area contributed by atoms with Gasteiger partial charge in [0, 0.05) is 18.3 Å². The molecular formula is C17H18N2O3. The summed E-state index contributed by atoms with van der Waals surface area (Å²) >= 11 is 0. The molecule has 0 aliphatic rings. The van der Waals surface area contributed by atoms with Crippen LogP contribution in [0.15, 0.2) is 59.8 Å². The highest BCUT2D eigenvalue weighted by Crippen LogP contribution is 2.15. The van der Waals surface area contributed by atoms with Crippen LogP contribution in [0, 0.1) is 0 Å². The van der Waals surface area contributed by atoms with E-state index in [0.717, 1.165) is 11.3 Å². The summed E-state index contributed by atoms with van der Waals surface area (Å²) in [7, 11) is 3.29. The fourth-order valence-electron chi connectivity index (χ4n) is 1.85. The van der Waals surface area contributed by atoms with Crippen molar-refractivity contribution in [1.82, 2.24) is 0 Å². The number of anilines is 1. The number of hydrogen-bond acceptors (Lipinski definition) is 4. The Bertz CT molecular complexity index is 641. The molecule has 2 rings (SSSR count). The first-order chi connectivity index (χ1) is 10.7. The summed E-state index contributed by atoms with van der Waals surface area (Å²) in [6.45, 7) is -0.128. The van der Waals surface area contributed by atoms with Gasteiger partial charge < -0.3 is 14.5 Å². The Morgan fingerprint density at radius 3 is 2.55 bits per heavy atom. The van der Waals surface area contributed by atoms with Gasteiger partial charge >= 0.3 is 0 Å². The van der Waals surface area contributed by atoms with Crippen LogP contribution in [0.1, 0.15) is 5.56 Å². The van der Waals surface area contributed by atoms with E-state index in [1.54, 1.807) is 14.2 Å². The molecule has 0 heterocycles. The van der Waals surface area contributed by atoms with Crippen molar-refractivity contribution in [3.05, 3.63) is 60.2 Å². The molecule has 2 aromatic rings. The summed E-state index contributed by atoms with van der Waals surface area (Å²) < 4.78 is 5.20. The maximum atomic E-state index is 12.0. The Labute approximate surface area is 129 Å². The Balaban J connectivity index is 1.88. The molecule has 22 heavy (non-hydrogen) atoms. The second-order valence-electron chi connectivity index (χ2n) is 4.54. The molecule has 0 aliphatic heterocycles.